The molecule has 0 amide bonds. The van der Waals surface area contributed by atoms with Crippen molar-refractivity contribution in [2.45, 2.75) is 13.5 Å². The van der Waals surface area contributed by atoms with Gasteiger partial charge in [0.05, 0.1) is 30.5 Å². The van der Waals surface area contributed by atoms with E-state index in [-0.39, 0.29) is 17.9 Å². The Kier molecular flexibility index (Phi) is 5.02. The number of rotatable bonds is 5. The van der Waals surface area contributed by atoms with E-state index >= 15 is 0 Å². The van der Waals surface area contributed by atoms with Crippen LogP contribution in [-0.4, -0.2) is 29.0 Å². The molecule has 0 N–H and O–H groups in total. The fraction of sp³-hybridized carbons (Fsp3) is 0.190. The number of fused-ring (bicyclic) bond motifs is 1. The molecule has 29 heavy (non-hydrogen) atoms. The molecule has 0 bridgehead atoms. The SMILES string of the molecule is COc1ccc(-c2nn(Cc3cccc(F)c3)c(=O)c3nc(C)sc23)cc1OC. The molecule has 0 fully saturated rings. The lowest BCUT2D eigenvalue weighted by molar-refractivity contribution is 0.355. The Labute approximate surface area is 170 Å². The lowest BCUT2D eigenvalue weighted by Crippen LogP contribution is -2.24. The second-order valence-electron chi connectivity index (χ2n) is 6.42. The summed E-state index contributed by atoms with van der Waals surface area (Å²) in [6.45, 7) is 1.99. The summed E-state index contributed by atoms with van der Waals surface area (Å²) in [5.74, 6) is 0.798. The van der Waals surface area contributed by atoms with Gasteiger partial charge in [-0.1, -0.05) is 12.1 Å². The number of methoxy groups -OCH3 is 2. The Hall–Kier alpha value is -3.26. The zero-order valence-electron chi connectivity index (χ0n) is 16.1. The van der Waals surface area contributed by atoms with Crippen molar-refractivity contribution in [3.63, 3.8) is 0 Å². The van der Waals surface area contributed by atoms with Gasteiger partial charge in [0, 0.05) is 5.56 Å². The van der Waals surface area contributed by atoms with Gasteiger partial charge in [-0.3, -0.25) is 4.79 Å². The summed E-state index contributed by atoms with van der Waals surface area (Å²) in [7, 11) is 3.13. The van der Waals surface area contributed by atoms with Gasteiger partial charge in [0.1, 0.15) is 11.5 Å². The van der Waals surface area contributed by atoms with Crippen molar-refractivity contribution in [1.82, 2.24) is 14.8 Å². The smallest absolute Gasteiger partial charge is 0.294 e. The topological polar surface area (TPSA) is 66.2 Å². The number of hydrogen-bond donors (Lipinski definition) is 0. The van der Waals surface area contributed by atoms with Crippen molar-refractivity contribution in [1.29, 1.82) is 0 Å². The highest BCUT2D eigenvalue weighted by atomic mass is 32.1. The van der Waals surface area contributed by atoms with Crippen LogP contribution in [0.15, 0.2) is 47.3 Å². The van der Waals surface area contributed by atoms with E-state index in [0.29, 0.717) is 33.0 Å². The Morgan fingerprint density at radius 3 is 2.62 bits per heavy atom. The van der Waals surface area contributed by atoms with E-state index in [0.717, 1.165) is 10.6 Å². The second-order valence-corrected chi connectivity index (χ2v) is 7.62. The first-order valence-electron chi connectivity index (χ1n) is 8.85. The lowest BCUT2D eigenvalue weighted by atomic mass is 10.1. The molecule has 8 heteroatoms. The number of aryl methyl sites for hydroxylation is 1. The van der Waals surface area contributed by atoms with Crippen LogP contribution in [0.5, 0.6) is 11.5 Å². The first-order chi connectivity index (χ1) is 14.0. The number of halogens is 1. The average molecular weight is 411 g/mol. The molecule has 0 aliphatic rings. The standard InChI is InChI=1S/C21H18FN3O3S/c1-12-23-19-20(29-12)18(14-7-8-16(27-2)17(10-14)28-3)24-25(21(19)26)11-13-5-4-6-15(22)9-13/h4-10H,11H2,1-3H3. The first-order valence-corrected chi connectivity index (χ1v) is 9.67. The maximum Gasteiger partial charge on any atom is 0.294 e. The Bertz CT molecular complexity index is 1270. The largest absolute Gasteiger partial charge is 0.493 e. The van der Waals surface area contributed by atoms with Gasteiger partial charge in [0.2, 0.25) is 0 Å². The number of thiazole rings is 1. The van der Waals surface area contributed by atoms with Crippen molar-refractivity contribution in [2.24, 2.45) is 0 Å². The first kappa shape index (κ1) is 19.1. The Balaban J connectivity index is 1.92. The van der Waals surface area contributed by atoms with E-state index < -0.39 is 0 Å². The van der Waals surface area contributed by atoms with Crippen LogP contribution in [0.25, 0.3) is 21.5 Å². The van der Waals surface area contributed by atoms with E-state index in [1.54, 1.807) is 32.4 Å². The zero-order chi connectivity index (χ0) is 20.5. The monoisotopic (exact) mass is 411 g/mol. The fourth-order valence-electron chi connectivity index (χ4n) is 3.15. The number of hydrogen-bond acceptors (Lipinski definition) is 6. The normalized spacial score (nSPS) is 11.0. The number of benzene rings is 2. The van der Waals surface area contributed by atoms with Crippen LogP contribution < -0.4 is 15.0 Å². The van der Waals surface area contributed by atoms with Crippen LogP contribution in [0.1, 0.15) is 10.6 Å². The van der Waals surface area contributed by atoms with Gasteiger partial charge in [-0.2, -0.15) is 5.10 Å². The molecule has 0 radical (unpaired) electrons. The number of nitrogens with zero attached hydrogens (tertiary/aromatic N) is 3. The highest BCUT2D eigenvalue weighted by Crippen LogP contribution is 2.35. The molecule has 0 saturated heterocycles. The molecule has 2 aromatic heterocycles. The molecular weight excluding hydrogens is 393 g/mol. The quantitative estimate of drug-likeness (QED) is 0.496. The minimum absolute atomic E-state index is 0.142. The maximum absolute atomic E-state index is 13.6. The molecule has 0 aliphatic heterocycles. The molecule has 148 valence electrons. The van der Waals surface area contributed by atoms with Gasteiger partial charge in [-0.05, 0) is 42.8 Å². The Morgan fingerprint density at radius 1 is 1.10 bits per heavy atom. The van der Waals surface area contributed by atoms with Crippen LogP contribution in [0, 0.1) is 12.7 Å². The lowest BCUT2D eigenvalue weighted by Gasteiger charge is -2.11. The third-order valence-corrected chi connectivity index (χ3v) is 5.46. The van der Waals surface area contributed by atoms with E-state index in [1.165, 1.54) is 28.2 Å². The van der Waals surface area contributed by atoms with Crippen molar-refractivity contribution in [3.8, 4) is 22.8 Å². The molecule has 0 aliphatic carbocycles. The average Bonchev–Trinajstić information content (AvgIpc) is 3.11. The van der Waals surface area contributed by atoms with E-state index in [4.69, 9.17) is 9.47 Å². The maximum atomic E-state index is 13.6. The molecular formula is C21H18FN3O3S. The molecule has 0 spiro atoms. The molecule has 4 aromatic rings. The molecule has 6 nitrogen and oxygen atoms in total. The van der Waals surface area contributed by atoms with E-state index in [1.807, 2.05) is 19.1 Å². The van der Waals surface area contributed by atoms with Gasteiger partial charge < -0.3 is 9.47 Å². The second kappa shape index (κ2) is 7.63. The predicted molar refractivity (Wildman–Crippen MR) is 110 cm³/mol. The van der Waals surface area contributed by atoms with E-state index in [9.17, 15) is 9.18 Å². The highest BCUT2D eigenvalue weighted by Gasteiger charge is 2.18. The van der Waals surface area contributed by atoms with Gasteiger partial charge >= 0.3 is 0 Å². The zero-order valence-corrected chi connectivity index (χ0v) is 16.9. The van der Waals surface area contributed by atoms with Crippen LogP contribution in [0.2, 0.25) is 0 Å². The van der Waals surface area contributed by atoms with Gasteiger partial charge in [-0.15, -0.1) is 11.3 Å². The fourth-order valence-corrected chi connectivity index (χ4v) is 4.07. The minimum Gasteiger partial charge on any atom is -0.493 e. The van der Waals surface area contributed by atoms with Crippen LogP contribution in [0.4, 0.5) is 4.39 Å². The van der Waals surface area contributed by atoms with Crippen molar-refractivity contribution in [3.05, 3.63) is 69.2 Å². The highest BCUT2D eigenvalue weighted by molar-refractivity contribution is 7.19. The van der Waals surface area contributed by atoms with Gasteiger partial charge in [0.15, 0.2) is 17.0 Å². The van der Waals surface area contributed by atoms with Crippen LogP contribution in [-0.2, 0) is 6.54 Å². The summed E-state index contributed by atoms with van der Waals surface area (Å²) in [5.41, 5.74) is 2.07. The Morgan fingerprint density at radius 2 is 1.90 bits per heavy atom. The molecule has 2 heterocycles. The molecule has 0 atom stereocenters. The predicted octanol–water partition coefficient (Wildman–Crippen LogP) is 4.03. The van der Waals surface area contributed by atoms with Crippen molar-refractivity contribution < 1.29 is 13.9 Å². The molecule has 2 aromatic carbocycles. The number of aromatic nitrogens is 3. The summed E-state index contributed by atoms with van der Waals surface area (Å²) in [5, 5.41) is 5.36. The molecule has 4 rings (SSSR count). The van der Waals surface area contributed by atoms with Crippen LogP contribution >= 0.6 is 11.3 Å². The van der Waals surface area contributed by atoms with Crippen LogP contribution in [0.3, 0.4) is 0 Å². The third kappa shape index (κ3) is 3.58. The molecule has 0 saturated carbocycles. The summed E-state index contributed by atoms with van der Waals surface area (Å²) >= 11 is 1.41. The summed E-state index contributed by atoms with van der Waals surface area (Å²) < 4.78 is 26.3. The van der Waals surface area contributed by atoms with Crippen molar-refractivity contribution >= 4 is 21.6 Å². The van der Waals surface area contributed by atoms with E-state index in [2.05, 4.69) is 10.1 Å². The summed E-state index contributed by atoms with van der Waals surface area (Å²) in [6, 6.07) is 11.6. The molecule has 0 unspecified atom stereocenters. The third-order valence-electron chi connectivity index (χ3n) is 4.49. The minimum atomic E-state index is -0.360. The number of ether oxygens (including phenoxy) is 2. The van der Waals surface area contributed by atoms with Gasteiger partial charge in [-0.25, -0.2) is 14.1 Å². The summed E-state index contributed by atoms with van der Waals surface area (Å²) in [6.07, 6.45) is 0. The van der Waals surface area contributed by atoms with Gasteiger partial charge in [0.25, 0.3) is 5.56 Å². The van der Waals surface area contributed by atoms with Crippen molar-refractivity contribution in [2.75, 3.05) is 14.2 Å². The summed E-state index contributed by atoms with van der Waals surface area (Å²) in [4.78, 5) is 17.4.